The summed E-state index contributed by atoms with van der Waals surface area (Å²) in [6.45, 7) is 1.93. The minimum Gasteiger partial charge on any atom is -0.324 e. The second-order valence-electron chi connectivity index (χ2n) is 2.17. The summed E-state index contributed by atoms with van der Waals surface area (Å²) >= 11 is 3.31. The highest BCUT2D eigenvalue weighted by Crippen LogP contribution is 2.17. The standard InChI is InChI=1S/C7H9BrN2/c1-5(9)6-3-2-4-10-7(6)8/h2-5H,9H2,1H3/t5-/m1/s1. The molecule has 0 saturated heterocycles. The molecule has 0 aliphatic heterocycles. The fourth-order valence-electron chi connectivity index (χ4n) is 0.738. The van der Waals surface area contributed by atoms with Crippen LogP contribution in [0, 0.1) is 0 Å². The van der Waals surface area contributed by atoms with E-state index in [4.69, 9.17) is 5.73 Å². The average molecular weight is 201 g/mol. The maximum absolute atomic E-state index is 5.64. The number of nitrogens with two attached hydrogens (primary N) is 1. The van der Waals surface area contributed by atoms with Gasteiger partial charge in [-0.3, -0.25) is 0 Å². The summed E-state index contributed by atoms with van der Waals surface area (Å²) in [5, 5.41) is 0. The van der Waals surface area contributed by atoms with Crippen LogP contribution in [0.5, 0.6) is 0 Å². The molecule has 0 spiro atoms. The number of nitrogens with zero attached hydrogens (tertiary/aromatic N) is 1. The van der Waals surface area contributed by atoms with Crippen LogP contribution >= 0.6 is 15.9 Å². The molecule has 1 aromatic rings. The molecule has 0 saturated carbocycles. The molecule has 1 heterocycles. The van der Waals surface area contributed by atoms with E-state index in [1.54, 1.807) is 6.20 Å². The first-order valence-electron chi connectivity index (χ1n) is 3.08. The zero-order valence-corrected chi connectivity index (χ0v) is 7.30. The predicted octanol–water partition coefficient (Wildman–Crippen LogP) is 1.86. The Kier molecular flexibility index (Phi) is 2.40. The summed E-state index contributed by atoms with van der Waals surface area (Å²) in [4.78, 5) is 4.04. The Morgan fingerprint density at radius 2 is 2.40 bits per heavy atom. The van der Waals surface area contributed by atoms with Crippen LogP contribution in [-0.4, -0.2) is 4.98 Å². The summed E-state index contributed by atoms with van der Waals surface area (Å²) in [5.74, 6) is 0. The SMILES string of the molecule is C[C@@H](N)c1cccnc1Br. The van der Waals surface area contributed by atoms with Gasteiger partial charge in [-0.05, 0) is 28.9 Å². The summed E-state index contributed by atoms with van der Waals surface area (Å²) in [5.41, 5.74) is 6.69. The zero-order valence-electron chi connectivity index (χ0n) is 5.71. The van der Waals surface area contributed by atoms with Crippen LogP contribution < -0.4 is 5.73 Å². The molecule has 0 radical (unpaired) electrons. The van der Waals surface area contributed by atoms with Gasteiger partial charge in [0.05, 0.1) is 0 Å². The van der Waals surface area contributed by atoms with E-state index in [1.807, 2.05) is 19.1 Å². The molecule has 0 bridgehead atoms. The molecule has 10 heavy (non-hydrogen) atoms. The Hall–Kier alpha value is -0.410. The van der Waals surface area contributed by atoms with Crippen molar-refractivity contribution in [3.8, 4) is 0 Å². The predicted molar refractivity (Wildman–Crippen MR) is 44.5 cm³/mol. The van der Waals surface area contributed by atoms with Crippen molar-refractivity contribution in [2.75, 3.05) is 0 Å². The van der Waals surface area contributed by atoms with Crippen LogP contribution in [0.15, 0.2) is 22.9 Å². The Bertz CT molecular complexity index is 223. The molecule has 0 aliphatic carbocycles. The Morgan fingerprint density at radius 1 is 1.70 bits per heavy atom. The van der Waals surface area contributed by atoms with Gasteiger partial charge in [-0.1, -0.05) is 6.07 Å². The molecular formula is C7H9BrN2. The van der Waals surface area contributed by atoms with Crippen molar-refractivity contribution in [3.63, 3.8) is 0 Å². The molecule has 1 rings (SSSR count). The van der Waals surface area contributed by atoms with Gasteiger partial charge in [0.15, 0.2) is 0 Å². The highest BCUT2D eigenvalue weighted by molar-refractivity contribution is 9.10. The van der Waals surface area contributed by atoms with Gasteiger partial charge in [0.25, 0.3) is 0 Å². The van der Waals surface area contributed by atoms with Gasteiger partial charge >= 0.3 is 0 Å². The topological polar surface area (TPSA) is 38.9 Å². The first-order chi connectivity index (χ1) is 4.72. The third-order valence-corrected chi connectivity index (χ3v) is 1.94. The van der Waals surface area contributed by atoms with Crippen LogP contribution in [0.3, 0.4) is 0 Å². The zero-order chi connectivity index (χ0) is 7.56. The molecule has 0 fully saturated rings. The second-order valence-corrected chi connectivity index (χ2v) is 2.92. The molecule has 1 atom stereocenters. The van der Waals surface area contributed by atoms with Crippen LogP contribution in [0.2, 0.25) is 0 Å². The van der Waals surface area contributed by atoms with Gasteiger partial charge in [0, 0.05) is 17.8 Å². The molecule has 0 amide bonds. The third-order valence-electron chi connectivity index (χ3n) is 1.28. The van der Waals surface area contributed by atoms with Crippen LogP contribution in [0.1, 0.15) is 18.5 Å². The lowest BCUT2D eigenvalue weighted by molar-refractivity contribution is 0.804. The van der Waals surface area contributed by atoms with Crippen molar-refractivity contribution in [1.29, 1.82) is 0 Å². The largest absolute Gasteiger partial charge is 0.324 e. The van der Waals surface area contributed by atoms with Crippen molar-refractivity contribution in [3.05, 3.63) is 28.5 Å². The van der Waals surface area contributed by atoms with E-state index in [1.165, 1.54) is 0 Å². The fraction of sp³-hybridized carbons (Fsp3) is 0.286. The van der Waals surface area contributed by atoms with Gasteiger partial charge in [0.1, 0.15) is 4.60 Å². The van der Waals surface area contributed by atoms with Crippen molar-refractivity contribution < 1.29 is 0 Å². The number of hydrogen-bond donors (Lipinski definition) is 1. The number of pyridine rings is 1. The molecule has 2 nitrogen and oxygen atoms in total. The monoisotopic (exact) mass is 200 g/mol. The van der Waals surface area contributed by atoms with Gasteiger partial charge < -0.3 is 5.73 Å². The number of rotatable bonds is 1. The lowest BCUT2D eigenvalue weighted by Crippen LogP contribution is -2.05. The second kappa shape index (κ2) is 3.12. The highest BCUT2D eigenvalue weighted by atomic mass is 79.9. The van der Waals surface area contributed by atoms with Gasteiger partial charge in [0.2, 0.25) is 0 Å². The number of hydrogen-bond acceptors (Lipinski definition) is 2. The molecule has 0 unspecified atom stereocenters. The molecule has 3 heteroatoms. The molecule has 1 aromatic heterocycles. The van der Waals surface area contributed by atoms with E-state index in [2.05, 4.69) is 20.9 Å². The van der Waals surface area contributed by atoms with Gasteiger partial charge in [-0.15, -0.1) is 0 Å². The summed E-state index contributed by atoms with van der Waals surface area (Å²) < 4.78 is 0.838. The highest BCUT2D eigenvalue weighted by Gasteiger charge is 2.02. The van der Waals surface area contributed by atoms with Gasteiger partial charge in [-0.2, -0.15) is 0 Å². The Balaban J connectivity index is 3.03. The van der Waals surface area contributed by atoms with Crippen molar-refractivity contribution >= 4 is 15.9 Å². The third kappa shape index (κ3) is 1.55. The minimum atomic E-state index is 0.0445. The smallest absolute Gasteiger partial charge is 0.110 e. The van der Waals surface area contributed by atoms with E-state index in [0.29, 0.717) is 0 Å². The Morgan fingerprint density at radius 3 is 2.80 bits per heavy atom. The van der Waals surface area contributed by atoms with E-state index in [-0.39, 0.29) is 6.04 Å². The normalized spacial score (nSPS) is 13.1. The average Bonchev–Trinajstić information content (AvgIpc) is 1.88. The van der Waals surface area contributed by atoms with Crippen molar-refractivity contribution in [1.82, 2.24) is 4.98 Å². The lowest BCUT2D eigenvalue weighted by Gasteiger charge is -2.05. The van der Waals surface area contributed by atoms with E-state index in [0.717, 1.165) is 10.2 Å². The van der Waals surface area contributed by atoms with Crippen LogP contribution in [0.25, 0.3) is 0 Å². The minimum absolute atomic E-state index is 0.0445. The summed E-state index contributed by atoms with van der Waals surface area (Å²) in [6, 6.07) is 3.88. The maximum Gasteiger partial charge on any atom is 0.110 e. The fourth-order valence-corrected chi connectivity index (χ4v) is 1.35. The van der Waals surface area contributed by atoms with E-state index < -0.39 is 0 Å². The number of halogens is 1. The first kappa shape index (κ1) is 7.69. The Labute approximate surface area is 68.6 Å². The maximum atomic E-state index is 5.64. The van der Waals surface area contributed by atoms with Gasteiger partial charge in [-0.25, -0.2) is 4.98 Å². The summed E-state index contributed by atoms with van der Waals surface area (Å²) in [6.07, 6.45) is 1.73. The van der Waals surface area contributed by atoms with E-state index >= 15 is 0 Å². The molecule has 0 aromatic carbocycles. The molecule has 2 N–H and O–H groups in total. The van der Waals surface area contributed by atoms with Crippen molar-refractivity contribution in [2.45, 2.75) is 13.0 Å². The summed E-state index contributed by atoms with van der Waals surface area (Å²) in [7, 11) is 0. The lowest BCUT2D eigenvalue weighted by atomic mass is 10.2. The van der Waals surface area contributed by atoms with Crippen molar-refractivity contribution in [2.24, 2.45) is 5.73 Å². The van der Waals surface area contributed by atoms with Crippen LogP contribution in [0.4, 0.5) is 0 Å². The van der Waals surface area contributed by atoms with E-state index in [9.17, 15) is 0 Å². The van der Waals surface area contributed by atoms with Crippen LogP contribution in [-0.2, 0) is 0 Å². The quantitative estimate of drug-likeness (QED) is 0.704. The molecule has 0 aliphatic rings. The molecule has 54 valence electrons. The molecular weight excluding hydrogens is 192 g/mol. The number of aromatic nitrogens is 1. The first-order valence-corrected chi connectivity index (χ1v) is 3.87.